The van der Waals surface area contributed by atoms with Crippen LogP contribution in [0.15, 0.2) is 33.7 Å². The Balaban J connectivity index is 2.24. The lowest BCUT2D eigenvalue weighted by atomic mass is 10.1. The number of hydrogen-bond donors (Lipinski definition) is 0. The van der Waals surface area contributed by atoms with Gasteiger partial charge < -0.3 is 19.1 Å². The second-order valence-corrected chi connectivity index (χ2v) is 6.96. The molecule has 0 fully saturated rings. The average molecular weight is 436 g/mol. The van der Waals surface area contributed by atoms with Crippen LogP contribution in [0.3, 0.4) is 0 Å². The summed E-state index contributed by atoms with van der Waals surface area (Å²) in [4.78, 5) is 11.0. The summed E-state index contributed by atoms with van der Waals surface area (Å²) in [6.45, 7) is 6.83. The van der Waals surface area contributed by atoms with E-state index in [9.17, 15) is 0 Å². The highest BCUT2D eigenvalue weighted by molar-refractivity contribution is 9.10. The summed E-state index contributed by atoms with van der Waals surface area (Å²) in [6.07, 6.45) is 1.56. The highest BCUT2D eigenvalue weighted by Crippen LogP contribution is 2.34. The number of benzene rings is 1. The molecule has 6 nitrogen and oxygen atoms in total. The van der Waals surface area contributed by atoms with E-state index in [1.807, 2.05) is 50.1 Å². The highest BCUT2D eigenvalue weighted by atomic mass is 79.9. The van der Waals surface area contributed by atoms with Gasteiger partial charge in [0.25, 0.3) is 0 Å². The molecule has 1 heterocycles. The molecular formula is C20H26BrN3O3. The molecule has 146 valence electrons. The van der Waals surface area contributed by atoms with Gasteiger partial charge in [0.05, 0.1) is 36.4 Å². The van der Waals surface area contributed by atoms with Crippen LogP contribution in [0.4, 0.5) is 5.69 Å². The van der Waals surface area contributed by atoms with E-state index in [2.05, 4.69) is 32.8 Å². The molecule has 0 saturated heterocycles. The minimum atomic E-state index is -0.238. The Morgan fingerprint density at radius 3 is 2.37 bits per heavy atom. The zero-order chi connectivity index (χ0) is 20.0. The van der Waals surface area contributed by atoms with Crippen LogP contribution in [-0.4, -0.2) is 44.0 Å². The first-order valence-corrected chi connectivity index (χ1v) is 9.48. The smallest absolute Gasteiger partial charge is 0.228 e. The van der Waals surface area contributed by atoms with E-state index in [1.54, 1.807) is 20.6 Å². The van der Waals surface area contributed by atoms with Crippen molar-refractivity contribution < 1.29 is 14.2 Å². The molecule has 27 heavy (non-hydrogen) atoms. The fraction of sp³-hybridized carbons (Fsp3) is 0.400. The Hall–Kier alpha value is -2.28. The second kappa shape index (κ2) is 9.60. The van der Waals surface area contributed by atoms with Gasteiger partial charge in [-0.1, -0.05) is 0 Å². The van der Waals surface area contributed by atoms with Crippen molar-refractivity contribution in [3.05, 3.63) is 40.0 Å². The van der Waals surface area contributed by atoms with Gasteiger partial charge in [-0.05, 0) is 60.5 Å². The van der Waals surface area contributed by atoms with E-state index in [1.165, 1.54) is 0 Å². The minimum absolute atomic E-state index is 0.238. The molecular weight excluding hydrogens is 410 g/mol. The zero-order valence-corrected chi connectivity index (χ0v) is 18.2. The van der Waals surface area contributed by atoms with Crippen LogP contribution in [0.1, 0.15) is 31.2 Å². The average Bonchev–Trinajstić information content (AvgIpc) is 2.68. The Bertz CT molecular complexity index is 789. The molecule has 0 saturated carbocycles. The van der Waals surface area contributed by atoms with Gasteiger partial charge in [0.2, 0.25) is 5.88 Å². The topological polar surface area (TPSA) is 56.2 Å². The summed E-state index contributed by atoms with van der Waals surface area (Å²) >= 11 is 3.54. The molecule has 1 aromatic carbocycles. The van der Waals surface area contributed by atoms with Crippen LogP contribution >= 0.6 is 15.9 Å². The molecule has 0 aliphatic rings. The van der Waals surface area contributed by atoms with Crippen molar-refractivity contribution in [2.75, 3.05) is 27.8 Å². The molecule has 2 rings (SSSR count). The van der Waals surface area contributed by atoms with E-state index >= 15 is 0 Å². The number of nitrogens with zero attached hydrogens (tertiary/aromatic N) is 3. The molecule has 2 aromatic rings. The highest BCUT2D eigenvalue weighted by Gasteiger charge is 2.15. The molecule has 0 aliphatic carbocycles. The fourth-order valence-electron chi connectivity index (χ4n) is 2.30. The number of aryl methyl sites for hydroxylation is 1. The predicted octanol–water partition coefficient (Wildman–Crippen LogP) is 4.92. The normalized spacial score (nSPS) is 12.1. The van der Waals surface area contributed by atoms with Crippen molar-refractivity contribution in [2.45, 2.75) is 26.9 Å². The molecule has 1 atom stereocenters. The number of rotatable bonds is 8. The maximum Gasteiger partial charge on any atom is 0.228 e. The summed E-state index contributed by atoms with van der Waals surface area (Å²) in [7, 11) is 5.23. The van der Waals surface area contributed by atoms with Crippen molar-refractivity contribution in [3.8, 4) is 17.4 Å². The van der Waals surface area contributed by atoms with Crippen molar-refractivity contribution in [2.24, 2.45) is 4.99 Å². The van der Waals surface area contributed by atoms with Gasteiger partial charge in [-0.3, -0.25) is 0 Å². The van der Waals surface area contributed by atoms with Gasteiger partial charge in [-0.25, -0.2) is 9.98 Å². The number of aliphatic imine (C=N–C) groups is 1. The third-order valence-corrected chi connectivity index (χ3v) is 4.70. The maximum absolute atomic E-state index is 6.08. The molecule has 1 unspecified atom stereocenters. The molecule has 0 spiro atoms. The summed E-state index contributed by atoms with van der Waals surface area (Å²) in [6, 6.07) is 7.59. The molecule has 0 N–H and O–H groups in total. The van der Waals surface area contributed by atoms with Gasteiger partial charge in [0.15, 0.2) is 0 Å². The van der Waals surface area contributed by atoms with Crippen LogP contribution in [0.2, 0.25) is 0 Å². The van der Waals surface area contributed by atoms with Crippen LogP contribution in [0.25, 0.3) is 0 Å². The predicted molar refractivity (Wildman–Crippen MR) is 112 cm³/mol. The van der Waals surface area contributed by atoms with Crippen LogP contribution < -0.4 is 14.2 Å². The van der Waals surface area contributed by atoms with E-state index in [0.717, 1.165) is 28.0 Å². The quantitative estimate of drug-likeness (QED) is 0.434. The Kier molecular flexibility index (Phi) is 7.47. The number of pyridine rings is 1. The summed E-state index contributed by atoms with van der Waals surface area (Å²) in [5.74, 6) is 1.95. The van der Waals surface area contributed by atoms with Crippen molar-refractivity contribution >= 4 is 28.0 Å². The molecule has 7 heteroatoms. The van der Waals surface area contributed by atoms with Crippen molar-refractivity contribution in [1.29, 1.82) is 0 Å². The summed E-state index contributed by atoms with van der Waals surface area (Å²) < 4.78 is 17.5. The van der Waals surface area contributed by atoms with E-state index in [4.69, 9.17) is 14.2 Å². The maximum atomic E-state index is 6.08. The Morgan fingerprint density at radius 2 is 1.81 bits per heavy atom. The van der Waals surface area contributed by atoms with E-state index in [0.29, 0.717) is 17.4 Å². The first-order valence-electron chi connectivity index (χ1n) is 8.69. The lowest BCUT2D eigenvalue weighted by Crippen LogP contribution is -2.14. The lowest BCUT2D eigenvalue weighted by molar-refractivity contribution is 0.214. The second-order valence-electron chi connectivity index (χ2n) is 6.10. The third-order valence-electron chi connectivity index (χ3n) is 4.13. The first kappa shape index (κ1) is 21.0. The summed E-state index contributed by atoms with van der Waals surface area (Å²) in [5, 5.41) is 0. The van der Waals surface area contributed by atoms with Gasteiger partial charge >= 0.3 is 0 Å². The standard InChI is InChI=1S/C20H26BrN3O3/c1-7-24(4)12-22-19-11-18(21)20(23-13(19)2)27-14(3)15-8-16(25-5)10-17(9-15)26-6/h8-12,14H,7H2,1-6H3. The SMILES string of the molecule is CCN(C)C=Nc1cc(Br)c(OC(C)c2cc(OC)cc(OC)c2)nc1C. The molecule has 0 radical (unpaired) electrons. The van der Waals surface area contributed by atoms with E-state index in [-0.39, 0.29) is 6.10 Å². The van der Waals surface area contributed by atoms with Crippen LogP contribution in [0, 0.1) is 6.92 Å². The number of methoxy groups -OCH3 is 2. The molecule has 0 amide bonds. The number of ether oxygens (including phenoxy) is 3. The summed E-state index contributed by atoms with van der Waals surface area (Å²) in [5.41, 5.74) is 2.53. The number of hydrogen-bond acceptors (Lipinski definition) is 5. The molecule has 0 bridgehead atoms. The van der Waals surface area contributed by atoms with Gasteiger partial charge in [0.1, 0.15) is 17.6 Å². The van der Waals surface area contributed by atoms with Gasteiger partial charge in [-0.15, -0.1) is 0 Å². The Morgan fingerprint density at radius 1 is 1.19 bits per heavy atom. The molecule has 0 aliphatic heterocycles. The fourth-order valence-corrected chi connectivity index (χ4v) is 2.70. The van der Waals surface area contributed by atoms with E-state index < -0.39 is 0 Å². The van der Waals surface area contributed by atoms with Crippen LogP contribution in [-0.2, 0) is 0 Å². The van der Waals surface area contributed by atoms with Gasteiger partial charge in [0, 0.05) is 19.7 Å². The van der Waals surface area contributed by atoms with Gasteiger partial charge in [-0.2, -0.15) is 0 Å². The van der Waals surface area contributed by atoms with Crippen LogP contribution in [0.5, 0.6) is 17.4 Å². The number of halogens is 1. The minimum Gasteiger partial charge on any atom is -0.497 e. The molecule has 1 aromatic heterocycles. The number of aromatic nitrogens is 1. The van der Waals surface area contributed by atoms with Crippen molar-refractivity contribution in [1.82, 2.24) is 9.88 Å². The Labute approximate surface area is 169 Å². The zero-order valence-electron chi connectivity index (χ0n) is 16.6. The lowest BCUT2D eigenvalue weighted by Gasteiger charge is -2.18. The first-order chi connectivity index (χ1) is 12.9. The van der Waals surface area contributed by atoms with Crippen molar-refractivity contribution in [3.63, 3.8) is 0 Å². The monoisotopic (exact) mass is 435 g/mol. The third kappa shape index (κ3) is 5.60. The largest absolute Gasteiger partial charge is 0.497 e.